The molecule has 112 valence electrons. The maximum atomic E-state index is 11.9. The molecular formula is C15H31N3O. The van der Waals surface area contributed by atoms with E-state index in [-0.39, 0.29) is 11.9 Å². The fourth-order valence-corrected chi connectivity index (χ4v) is 2.49. The van der Waals surface area contributed by atoms with E-state index in [1.165, 1.54) is 12.8 Å². The summed E-state index contributed by atoms with van der Waals surface area (Å²) in [5, 5.41) is 6.55. The van der Waals surface area contributed by atoms with Gasteiger partial charge in [0.25, 0.3) is 0 Å². The molecule has 2 unspecified atom stereocenters. The van der Waals surface area contributed by atoms with Crippen LogP contribution in [0.5, 0.6) is 0 Å². The van der Waals surface area contributed by atoms with Gasteiger partial charge in [-0.15, -0.1) is 0 Å². The summed E-state index contributed by atoms with van der Waals surface area (Å²) in [7, 11) is 0. The first-order chi connectivity index (χ1) is 9.01. The Bertz CT molecular complexity index is 268. The van der Waals surface area contributed by atoms with E-state index in [1.807, 2.05) is 0 Å². The third kappa shape index (κ3) is 6.92. The molecule has 0 aromatic heterocycles. The summed E-state index contributed by atoms with van der Waals surface area (Å²) in [6, 6.07) is 0.833. The average molecular weight is 269 g/mol. The Kier molecular flexibility index (Phi) is 7.39. The van der Waals surface area contributed by atoms with E-state index in [9.17, 15) is 4.79 Å². The van der Waals surface area contributed by atoms with Gasteiger partial charge in [0.05, 0.1) is 6.54 Å². The van der Waals surface area contributed by atoms with Gasteiger partial charge in [0.15, 0.2) is 0 Å². The van der Waals surface area contributed by atoms with Gasteiger partial charge in [-0.2, -0.15) is 0 Å². The quantitative estimate of drug-likeness (QED) is 0.738. The van der Waals surface area contributed by atoms with Crippen molar-refractivity contribution in [1.82, 2.24) is 15.5 Å². The SMILES string of the molecule is CCC(C)NC(=O)CN1CCCC(CNC(C)C)C1. The maximum Gasteiger partial charge on any atom is 0.234 e. The van der Waals surface area contributed by atoms with Gasteiger partial charge >= 0.3 is 0 Å². The Morgan fingerprint density at radius 2 is 2.11 bits per heavy atom. The summed E-state index contributed by atoms with van der Waals surface area (Å²) in [5.74, 6) is 0.861. The minimum Gasteiger partial charge on any atom is -0.353 e. The van der Waals surface area contributed by atoms with Crippen molar-refractivity contribution in [1.29, 1.82) is 0 Å². The minimum absolute atomic E-state index is 0.173. The monoisotopic (exact) mass is 269 g/mol. The van der Waals surface area contributed by atoms with E-state index >= 15 is 0 Å². The molecule has 0 radical (unpaired) electrons. The van der Waals surface area contributed by atoms with Crippen molar-refractivity contribution in [3.63, 3.8) is 0 Å². The average Bonchev–Trinajstić information content (AvgIpc) is 2.36. The zero-order chi connectivity index (χ0) is 14.3. The lowest BCUT2D eigenvalue weighted by molar-refractivity contribution is -0.123. The van der Waals surface area contributed by atoms with Gasteiger partial charge in [-0.25, -0.2) is 0 Å². The number of rotatable bonds is 7. The van der Waals surface area contributed by atoms with E-state index in [1.54, 1.807) is 0 Å². The Morgan fingerprint density at radius 1 is 1.37 bits per heavy atom. The number of carbonyl (C=O) groups is 1. The molecule has 1 amide bonds. The molecular weight excluding hydrogens is 238 g/mol. The lowest BCUT2D eigenvalue weighted by Crippen LogP contribution is -2.46. The van der Waals surface area contributed by atoms with Crippen molar-refractivity contribution in [2.24, 2.45) is 5.92 Å². The van der Waals surface area contributed by atoms with Crippen molar-refractivity contribution >= 4 is 5.91 Å². The Morgan fingerprint density at radius 3 is 2.74 bits per heavy atom. The van der Waals surface area contributed by atoms with Crippen LogP contribution in [0, 0.1) is 5.92 Å². The smallest absolute Gasteiger partial charge is 0.234 e. The van der Waals surface area contributed by atoms with Crippen molar-refractivity contribution in [2.45, 2.75) is 59.0 Å². The summed E-state index contributed by atoms with van der Waals surface area (Å²) >= 11 is 0. The second-order valence-electron chi connectivity index (χ2n) is 6.18. The van der Waals surface area contributed by atoms with E-state index in [0.29, 0.717) is 18.5 Å². The molecule has 19 heavy (non-hydrogen) atoms. The first-order valence-electron chi connectivity index (χ1n) is 7.76. The largest absolute Gasteiger partial charge is 0.353 e. The van der Waals surface area contributed by atoms with E-state index in [4.69, 9.17) is 0 Å². The third-order valence-electron chi connectivity index (χ3n) is 3.80. The molecule has 0 aromatic rings. The molecule has 4 nitrogen and oxygen atoms in total. The standard InChI is InChI=1S/C15H31N3O/c1-5-13(4)17-15(19)11-18-8-6-7-14(10-18)9-16-12(2)3/h12-14,16H,5-11H2,1-4H3,(H,17,19). The highest BCUT2D eigenvalue weighted by Gasteiger charge is 2.21. The second-order valence-corrected chi connectivity index (χ2v) is 6.18. The number of nitrogens with zero attached hydrogens (tertiary/aromatic N) is 1. The normalized spacial score (nSPS) is 22.5. The molecule has 1 aliphatic heterocycles. The predicted molar refractivity (Wildman–Crippen MR) is 80.2 cm³/mol. The van der Waals surface area contributed by atoms with Gasteiger partial charge in [0.2, 0.25) is 5.91 Å². The highest BCUT2D eigenvalue weighted by atomic mass is 16.2. The Balaban J connectivity index is 2.28. The van der Waals surface area contributed by atoms with Crippen molar-refractivity contribution < 1.29 is 4.79 Å². The maximum absolute atomic E-state index is 11.9. The summed E-state index contributed by atoms with van der Waals surface area (Å²) in [6.45, 7) is 12.3. The zero-order valence-electron chi connectivity index (χ0n) is 13.0. The van der Waals surface area contributed by atoms with Crippen LogP contribution in [0.1, 0.15) is 47.0 Å². The van der Waals surface area contributed by atoms with Gasteiger partial charge in [0.1, 0.15) is 0 Å². The first-order valence-corrected chi connectivity index (χ1v) is 7.76. The minimum atomic E-state index is 0.173. The van der Waals surface area contributed by atoms with Crippen LogP contribution < -0.4 is 10.6 Å². The number of hydrogen-bond acceptors (Lipinski definition) is 3. The molecule has 1 saturated heterocycles. The van der Waals surface area contributed by atoms with Gasteiger partial charge in [0, 0.05) is 18.6 Å². The lowest BCUT2D eigenvalue weighted by Gasteiger charge is -2.33. The second kappa shape index (κ2) is 8.54. The number of piperidine rings is 1. The topological polar surface area (TPSA) is 44.4 Å². The number of likely N-dealkylation sites (tertiary alicyclic amines) is 1. The molecule has 4 heteroatoms. The summed E-state index contributed by atoms with van der Waals surface area (Å²) < 4.78 is 0. The number of amides is 1. The zero-order valence-corrected chi connectivity index (χ0v) is 13.0. The molecule has 2 N–H and O–H groups in total. The summed E-state index contributed by atoms with van der Waals surface area (Å²) in [5.41, 5.74) is 0. The van der Waals surface area contributed by atoms with Crippen molar-refractivity contribution in [3.8, 4) is 0 Å². The van der Waals surface area contributed by atoms with Gasteiger partial charge in [-0.3, -0.25) is 9.69 Å². The van der Waals surface area contributed by atoms with Crippen LogP contribution >= 0.6 is 0 Å². The van der Waals surface area contributed by atoms with Gasteiger partial charge in [-0.05, 0) is 45.2 Å². The van der Waals surface area contributed by atoms with Crippen LogP contribution in [-0.2, 0) is 4.79 Å². The molecule has 1 fully saturated rings. The van der Waals surface area contributed by atoms with Gasteiger partial charge < -0.3 is 10.6 Å². The highest BCUT2D eigenvalue weighted by molar-refractivity contribution is 5.78. The van der Waals surface area contributed by atoms with Crippen LogP contribution in [0.15, 0.2) is 0 Å². The fourth-order valence-electron chi connectivity index (χ4n) is 2.49. The number of carbonyl (C=O) groups excluding carboxylic acids is 1. The van der Waals surface area contributed by atoms with E-state index in [2.05, 4.69) is 43.2 Å². The molecule has 0 aliphatic carbocycles. The van der Waals surface area contributed by atoms with Crippen LogP contribution in [-0.4, -0.2) is 49.1 Å². The molecule has 1 rings (SSSR count). The van der Waals surface area contributed by atoms with Crippen LogP contribution in [0.4, 0.5) is 0 Å². The Hall–Kier alpha value is -0.610. The first kappa shape index (κ1) is 16.4. The molecule has 0 saturated carbocycles. The molecule has 0 bridgehead atoms. The van der Waals surface area contributed by atoms with Gasteiger partial charge in [-0.1, -0.05) is 20.8 Å². The predicted octanol–water partition coefficient (Wildman–Crippen LogP) is 1.61. The van der Waals surface area contributed by atoms with Crippen molar-refractivity contribution in [2.75, 3.05) is 26.2 Å². The van der Waals surface area contributed by atoms with E-state index < -0.39 is 0 Å². The molecule has 0 aromatic carbocycles. The summed E-state index contributed by atoms with van der Waals surface area (Å²) in [4.78, 5) is 14.2. The molecule has 2 atom stereocenters. The van der Waals surface area contributed by atoms with E-state index in [0.717, 1.165) is 26.1 Å². The van der Waals surface area contributed by atoms with Crippen LogP contribution in [0.3, 0.4) is 0 Å². The lowest BCUT2D eigenvalue weighted by atomic mass is 9.97. The van der Waals surface area contributed by atoms with Crippen LogP contribution in [0.2, 0.25) is 0 Å². The van der Waals surface area contributed by atoms with Crippen molar-refractivity contribution in [3.05, 3.63) is 0 Å². The van der Waals surface area contributed by atoms with Crippen LogP contribution in [0.25, 0.3) is 0 Å². The summed E-state index contributed by atoms with van der Waals surface area (Å²) in [6.07, 6.45) is 3.48. The molecule has 0 spiro atoms. The third-order valence-corrected chi connectivity index (χ3v) is 3.80. The number of hydrogen-bond donors (Lipinski definition) is 2. The highest BCUT2D eigenvalue weighted by Crippen LogP contribution is 2.15. The molecule has 1 heterocycles. The Labute approximate surface area is 118 Å². The fraction of sp³-hybridized carbons (Fsp3) is 0.933. The number of nitrogens with one attached hydrogen (secondary N) is 2. The molecule has 1 aliphatic rings.